The van der Waals surface area contributed by atoms with Gasteiger partial charge in [-0.3, -0.25) is 0 Å². The van der Waals surface area contributed by atoms with Crippen molar-refractivity contribution in [2.45, 2.75) is 6.18 Å². The molecule has 4 N–H and O–H groups in total. The number of nitrogen functional groups attached to an aromatic ring is 1. The van der Waals surface area contributed by atoms with Crippen LogP contribution in [-0.2, 0) is 6.18 Å². The molecule has 0 unspecified atom stereocenters. The Hall–Kier alpha value is -4.01. The number of carbonyl (C=O) groups is 1. The molecular formula is C21H15F3N4O2. The van der Waals surface area contributed by atoms with Gasteiger partial charge in [-0.15, -0.1) is 0 Å². The number of rotatable bonds is 3. The van der Waals surface area contributed by atoms with Gasteiger partial charge >= 0.3 is 12.2 Å². The Kier molecular flexibility index (Phi) is 4.78. The zero-order valence-electron chi connectivity index (χ0n) is 15.3. The lowest BCUT2D eigenvalue weighted by Gasteiger charge is -2.10. The summed E-state index contributed by atoms with van der Waals surface area (Å²) in [6.45, 7) is 0. The summed E-state index contributed by atoms with van der Waals surface area (Å²) < 4.78 is 42.8. The van der Waals surface area contributed by atoms with E-state index in [-0.39, 0.29) is 11.6 Å². The lowest BCUT2D eigenvalue weighted by Crippen LogP contribution is -2.19. The van der Waals surface area contributed by atoms with Crippen molar-refractivity contribution < 1.29 is 22.5 Å². The Morgan fingerprint density at radius 2 is 1.50 bits per heavy atom. The summed E-state index contributed by atoms with van der Waals surface area (Å²) in [7, 11) is 0. The molecule has 0 aliphatic carbocycles. The number of nitrogens with zero attached hydrogens (tertiary/aromatic N) is 1. The molecule has 0 saturated carbocycles. The molecule has 0 aliphatic heterocycles. The first-order chi connectivity index (χ1) is 14.3. The molecule has 0 atom stereocenters. The van der Waals surface area contributed by atoms with Gasteiger partial charge in [-0.2, -0.15) is 13.2 Å². The molecule has 4 rings (SSSR count). The maximum absolute atomic E-state index is 12.6. The molecule has 0 aliphatic rings. The molecule has 0 spiro atoms. The molecule has 152 valence electrons. The third-order valence-electron chi connectivity index (χ3n) is 4.46. The van der Waals surface area contributed by atoms with Crippen LogP contribution < -0.4 is 16.4 Å². The molecule has 2 amide bonds. The van der Waals surface area contributed by atoms with Gasteiger partial charge in [0.2, 0.25) is 5.88 Å². The Morgan fingerprint density at radius 1 is 0.900 bits per heavy atom. The number of benzene rings is 3. The number of fused-ring (bicyclic) bond motifs is 1. The quantitative estimate of drug-likeness (QED) is 0.400. The van der Waals surface area contributed by atoms with E-state index in [9.17, 15) is 18.0 Å². The van der Waals surface area contributed by atoms with E-state index in [2.05, 4.69) is 15.8 Å². The van der Waals surface area contributed by atoms with Crippen molar-refractivity contribution in [1.29, 1.82) is 0 Å². The van der Waals surface area contributed by atoms with Crippen molar-refractivity contribution in [3.63, 3.8) is 0 Å². The van der Waals surface area contributed by atoms with Crippen LogP contribution in [0.5, 0.6) is 0 Å². The Morgan fingerprint density at radius 3 is 2.10 bits per heavy atom. The monoisotopic (exact) mass is 412 g/mol. The van der Waals surface area contributed by atoms with Crippen LogP contribution in [-0.4, -0.2) is 11.2 Å². The van der Waals surface area contributed by atoms with Crippen molar-refractivity contribution in [2.24, 2.45) is 0 Å². The smallest absolute Gasteiger partial charge is 0.367 e. The summed E-state index contributed by atoms with van der Waals surface area (Å²) in [5, 5.41) is 9.72. The number of hydrogen-bond acceptors (Lipinski definition) is 4. The third kappa shape index (κ3) is 3.90. The lowest BCUT2D eigenvalue weighted by atomic mass is 10.0. The number of carbonyl (C=O) groups excluding carboxylic acids is 1. The van der Waals surface area contributed by atoms with E-state index in [1.165, 1.54) is 12.1 Å². The Balaban J connectivity index is 1.46. The van der Waals surface area contributed by atoms with Crippen LogP contribution in [0.4, 0.5) is 35.2 Å². The van der Waals surface area contributed by atoms with Crippen LogP contribution in [0.15, 0.2) is 71.3 Å². The average Bonchev–Trinajstić information content (AvgIpc) is 3.09. The molecule has 30 heavy (non-hydrogen) atoms. The first-order valence-electron chi connectivity index (χ1n) is 8.81. The van der Waals surface area contributed by atoms with Gasteiger partial charge in [-0.1, -0.05) is 29.4 Å². The fourth-order valence-corrected chi connectivity index (χ4v) is 3.03. The molecule has 4 aromatic rings. The zero-order chi connectivity index (χ0) is 21.3. The highest BCUT2D eigenvalue weighted by Crippen LogP contribution is 2.33. The predicted molar refractivity (Wildman–Crippen MR) is 108 cm³/mol. The van der Waals surface area contributed by atoms with Crippen molar-refractivity contribution in [2.75, 3.05) is 16.4 Å². The molecule has 9 heteroatoms. The second kappa shape index (κ2) is 7.43. The highest BCUT2D eigenvalue weighted by molar-refractivity contribution is 6.02. The van der Waals surface area contributed by atoms with Gasteiger partial charge in [-0.25, -0.2) is 4.79 Å². The van der Waals surface area contributed by atoms with Gasteiger partial charge in [0.25, 0.3) is 0 Å². The van der Waals surface area contributed by atoms with Gasteiger partial charge in [0, 0.05) is 11.4 Å². The molecule has 0 radical (unpaired) electrons. The number of aromatic nitrogens is 1. The lowest BCUT2D eigenvalue weighted by molar-refractivity contribution is -0.137. The SMILES string of the molecule is Nc1onc2cccc(-c3ccc(NC(=O)Nc4ccc(C(F)(F)F)cc4)cc3)c12. The summed E-state index contributed by atoms with van der Waals surface area (Å²) in [5.41, 5.74) is 8.16. The second-order valence-corrected chi connectivity index (χ2v) is 6.48. The Labute approximate surface area is 168 Å². The summed E-state index contributed by atoms with van der Waals surface area (Å²) in [4.78, 5) is 12.1. The van der Waals surface area contributed by atoms with E-state index < -0.39 is 17.8 Å². The number of halogens is 3. The number of urea groups is 1. The summed E-state index contributed by atoms with van der Waals surface area (Å²) in [5.74, 6) is 0.221. The highest BCUT2D eigenvalue weighted by Gasteiger charge is 2.30. The van der Waals surface area contributed by atoms with E-state index >= 15 is 0 Å². The molecule has 1 aromatic heterocycles. The van der Waals surface area contributed by atoms with Crippen LogP contribution >= 0.6 is 0 Å². The van der Waals surface area contributed by atoms with Gasteiger partial charge in [0.05, 0.1) is 10.9 Å². The largest absolute Gasteiger partial charge is 0.416 e. The maximum atomic E-state index is 12.6. The van der Waals surface area contributed by atoms with Crippen molar-refractivity contribution in [1.82, 2.24) is 5.16 Å². The van der Waals surface area contributed by atoms with Gasteiger partial charge < -0.3 is 20.9 Å². The fraction of sp³-hybridized carbons (Fsp3) is 0.0476. The third-order valence-corrected chi connectivity index (χ3v) is 4.46. The van der Waals surface area contributed by atoms with Crippen LogP contribution in [0.2, 0.25) is 0 Å². The minimum atomic E-state index is -4.43. The van der Waals surface area contributed by atoms with Crippen molar-refractivity contribution >= 4 is 34.2 Å². The number of nitrogens with two attached hydrogens (primary N) is 1. The van der Waals surface area contributed by atoms with E-state index in [1.54, 1.807) is 30.3 Å². The summed E-state index contributed by atoms with van der Waals surface area (Å²) in [6, 6.07) is 16.1. The van der Waals surface area contributed by atoms with Crippen molar-refractivity contribution in [3.8, 4) is 11.1 Å². The molecule has 0 saturated heterocycles. The maximum Gasteiger partial charge on any atom is 0.416 e. The first-order valence-corrected chi connectivity index (χ1v) is 8.81. The van der Waals surface area contributed by atoms with E-state index in [0.717, 1.165) is 23.3 Å². The van der Waals surface area contributed by atoms with E-state index in [0.29, 0.717) is 16.6 Å². The average molecular weight is 412 g/mol. The minimum Gasteiger partial charge on any atom is -0.367 e. The standard InChI is InChI=1S/C21H15F3N4O2/c22-21(23,24)13-6-10-15(11-7-13)27-20(29)26-14-8-4-12(5-9-14)16-2-1-3-17-18(16)19(25)30-28-17/h1-11H,25H2,(H2,26,27,29). The number of anilines is 3. The molecular weight excluding hydrogens is 397 g/mol. The van der Waals surface area contributed by atoms with Crippen molar-refractivity contribution in [3.05, 3.63) is 72.3 Å². The van der Waals surface area contributed by atoms with Crippen LogP contribution in [0, 0.1) is 0 Å². The number of alkyl halides is 3. The van der Waals surface area contributed by atoms with Gasteiger partial charge in [-0.05, 0) is 53.6 Å². The molecule has 0 fully saturated rings. The fourth-order valence-electron chi connectivity index (χ4n) is 3.03. The second-order valence-electron chi connectivity index (χ2n) is 6.48. The van der Waals surface area contributed by atoms with E-state index in [4.69, 9.17) is 10.3 Å². The Bertz CT molecular complexity index is 1200. The molecule has 0 bridgehead atoms. The minimum absolute atomic E-state index is 0.221. The zero-order valence-corrected chi connectivity index (χ0v) is 15.3. The normalized spacial score (nSPS) is 11.4. The molecule has 1 heterocycles. The van der Waals surface area contributed by atoms with Crippen LogP contribution in [0.3, 0.4) is 0 Å². The van der Waals surface area contributed by atoms with Gasteiger partial charge in [0.15, 0.2) is 0 Å². The van der Waals surface area contributed by atoms with Crippen LogP contribution in [0.1, 0.15) is 5.56 Å². The number of hydrogen-bond donors (Lipinski definition) is 3. The van der Waals surface area contributed by atoms with Crippen LogP contribution in [0.25, 0.3) is 22.0 Å². The molecule has 3 aromatic carbocycles. The van der Waals surface area contributed by atoms with Gasteiger partial charge in [0.1, 0.15) is 5.52 Å². The number of amides is 2. The number of nitrogens with one attached hydrogen (secondary N) is 2. The summed E-state index contributed by atoms with van der Waals surface area (Å²) in [6.07, 6.45) is -4.43. The topological polar surface area (TPSA) is 93.2 Å². The predicted octanol–water partition coefficient (Wildman–Crippen LogP) is 5.74. The highest BCUT2D eigenvalue weighted by atomic mass is 19.4. The van der Waals surface area contributed by atoms with E-state index in [1.807, 2.05) is 12.1 Å². The molecule has 6 nitrogen and oxygen atoms in total. The summed E-state index contributed by atoms with van der Waals surface area (Å²) >= 11 is 0. The first kappa shape index (κ1) is 19.3.